The van der Waals surface area contributed by atoms with Crippen LogP contribution in [0.4, 0.5) is 0 Å². The molecule has 0 saturated heterocycles. The molecular formula is C52H84O2Si. The Kier molecular flexibility index (Phi) is 11.8. The molecule has 0 heterocycles. The first-order chi connectivity index (χ1) is 25.3. The average molecular weight is 769 g/mol. The second kappa shape index (κ2) is 15.0. The van der Waals surface area contributed by atoms with Crippen LogP contribution in [0, 0.1) is 58.2 Å². The Morgan fingerprint density at radius 2 is 0.782 bits per heavy atom. The van der Waals surface area contributed by atoms with Crippen LogP contribution in [-0.2, 0) is 20.3 Å². The zero-order chi connectivity index (χ0) is 40.8. The zero-order valence-corrected chi connectivity index (χ0v) is 39.8. The molecule has 6 rings (SSSR count). The van der Waals surface area contributed by atoms with E-state index in [9.17, 15) is 0 Å². The van der Waals surface area contributed by atoms with Gasteiger partial charge in [0.1, 0.15) is 0 Å². The molecule has 0 aromatic heterocycles. The summed E-state index contributed by atoms with van der Waals surface area (Å²) < 4.78 is 13.4. The Labute approximate surface area is 341 Å². The summed E-state index contributed by atoms with van der Waals surface area (Å²) in [6.45, 7) is 40.2. The second-order valence-corrected chi connectivity index (χ2v) is 29.5. The summed E-state index contributed by atoms with van der Waals surface area (Å²) in [6, 6.07) is 19.7. The quantitative estimate of drug-likeness (QED) is 0.273. The van der Waals surface area contributed by atoms with Gasteiger partial charge in [-0.3, -0.25) is 0 Å². The summed E-state index contributed by atoms with van der Waals surface area (Å²) >= 11 is 0. The van der Waals surface area contributed by atoms with Crippen LogP contribution < -0.4 is 0 Å². The fourth-order valence-electron chi connectivity index (χ4n) is 14.6. The van der Waals surface area contributed by atoms with Crippen molar-refractivity contribution < 1.29 is 9.47 Å². The number of fused-ring (bicyclic) bond motifs is 2. The summed E-state index contributed by atoms with van der Waals surface area (Å²) in [5.41, 5.74) is 8.28. The summed E-state index contributed by atoms with van der Waals surface area (Å²) in [6.07, 6.45) is 5.86. The zero-order valence-electron chi connectivity index (χ0n) is 38.8. The maximum Gasteiger partial charge on any atom is 0.0675 e. The van der Waals surface area contributed by atoms with Crippen LogP contribution in [0.2, 0.25) is 24.2 Å². The van der Waals surface area contributed by atoms with E-state index in [0.29, 0.717) is 35.5 Å². The standard InChI is InChI=1S/C52H84O2Si/c1-31-27-37-39(29-41(51(9,10)11)45(53-15)43(37)33-19-23-35(24-20-33)49(3,4)5)47(31)55(17,18)48-32(2)28-38-40(48)30-42(52(12,13)14)46(54-16)44(38)34-21-25-36(26-22-34)50(6,7)8/h19-26,31-32,37-48H,27-30H2,1-18H3. The van der Waals surface area contributed by atoms with Crippen molar-refractivity contribution >= 4 is 8.07 Å². The summed E-state index contributed by atoms with van der Waals surface area (Å²) in [4.78, 5) is 0. The molecule has 2 aromatic carbocycles. The number of hydrogen-bond donors (Lipinski definition) is 0. The number of hydrogen-bond acceptors (Lipinski definition) is 2. The van der Waals surface area contributed by atoms with Gasteiger partial charge < -0.3 is 9.47 Å². The van der Waals surface area contributed by atoms with Gasteiger partial charge in [0.15, 0.2) is 0 Å². The summed E-state index contributed by atoms with van der Waals surface area (Å²) in [7, 11) is 2.20. The van der Waals surface area contributed by atoms with Crippen molar-refractivity contribution in [2.24, 2.45) is 58.2 Å². The third kappa shape index (κ3) is 7.89. The van der Waals surface area contributed by atoms with Gasteiger partial charge in [0.25, 0.3) is 0 Å². The molecule has 0 bridgehead atoms. The molecule has 0 N–H and O–H groups in total. The molecule has 3 heteroatoms. The van der Waals surface area contributed by atoms with Crippen LogP contribution in [0.25, 0.3) is 0 Å². The van der Waals surface area contributed by atoms with Crippen LogP contribution in [0.5, 0.6) is 0 Å². The van der Waals surface area contributed by atoms with E-state index >= 15 is 0 Å². The van der Waals surface area contributed by atoms with Gasteiger partial charge >= 0.3 is 0 Å². The maximum atomic E-state index is 6.69. The predicted octanol–water partition coefficient (Wildman–Crippen LogP) is 14.3. The number of benzene rings is 2. The molecule has 4 saturated carbocycles. The minimum absolute atomic E-state index is 0.157. The maximum absolute atomic E-state index is 6.69. The molecule has 4 aliphatic carbocycles. The van der Waals surface area contributed by atoms with Gasteiger partial charge in [0.05, 0.1) is 20.3 Å². The molecule has 0 aliphatic heterocycles. The van der Waals surface area contributed by atoms with Gasteiger partial charge in [0.2, 0.25) is 0 Å². The highest BCUT2D eigenvalue weighted by Gasteiger charge is 2.64. The molecule has 2 nitrogen and oxygen atoms in total. The van der Waals surface area contributed by atoms with Gasteiger partial charge in [0, 0.05) is 26.1 Å². The third-order valence-corrected chi connectivity index (χ3v) is 22.3. The molecule has 4 fully saturated rings. The van der Waals surface area contributed by atoms with E-state index in [1.807, 2.05) is 14.2 Å². The topological polar surface area (TPSA) is 18.5 Å². The minimum atomic E-state index is -1.83. The third-order valence-electron chi connectivity index (χ3n) is 16.8. The van der Waals surface area contributed by atoms with Crippen molar-refractivity contribution in [3.63, 3.8) is 0 Å². The molecule has 14 unspecified atom stereocenters. The highest BCUT2D eigenvalue weighted by atomic mass is 28.3. The first-order valence-electron chi connectivity index (χ1n) is 22.6. The molecule has 2 aromatic rings. The molecule has 14 atom stereocenters. The number of ether oxygens (including phenoxy) is 2. The van der Waals surface area contributed by atoms with Crippen molar-refractivity contribution in [1.29, 1.82) is 0 Å². The Balaban J connectivity index is 1.41. The lowest BCUT2D eigenvalue weighted by atomic mass is 9.59. The highest BCUT2D eigenvalue weighted by molar-refractivity contribution is 6.80. The second-order valence-electron chi connectivity index (χ2n) is 24.6. The molecule has 308 valence electrons. The Morgan fingerprint density at radius 3 is 1.04 bits per heavy atom. The van der Waals surface area contributed by atoms with Crippen molar-refractivity contribution in [3.8, 4) is 0 Å². The molecule has 0 amide bonds. The van der Waals surface area contributed by atoms with Crippen molar-refractivity contribution in [2.45, 2.75) is 182 Å². The first-order valence-corrected chi connectivity index (χ1v) is 25.7. The summed E-state index contributed by atoms with van der Waals surface area (Å²) in [5, 5.41) is 0. The van der Waals surface area contributed by atoms with Gasteiger partial charge in [-0.25, -0.2) is 0 Å². The van der Waals surface area contributed by atoms with Crippen LogP contribution in [0.3, 0.4) is 0 Å². The van der Waals surface area contributed by atoms with Crippen molar-refractivity contribution in [1.82, 2.24) is 0 Å². The average Bonchev–Trinajstić information content (AvgIpc) is 3.60. The monoisotopic (exact) mass is 769 g/mol. The van der Waals surface area contributed by atoms with E-state index in [1.165, 1.54) is 47.9 Å². The van der Waals surface area contributed by atoms with E-state index < -0.39 is 8.07 Å². The normalized spacial score (nSPS) is 37.5. The van der Waals surface area contributed by atoms with Crippen molar-refractivity contribution in [3.05, 3.63) is 70.8 Å². The Bertz CT molecular complexity index is 1470. The molecule has 4 aliphatic rings. The lowest BCUT2D eigenvalue weighted by Crippen LogP contribution is -2.53. The fourth-order valence-corrected chi connectivity index (χ4v) is 21.2. The first kappa shape index (κ1) is 43.2. The van der Waals surface area contributed by atoms with E-state index in [0.717, 1.165) is 34.8 Å². The van der Waals surface area contributed by atoms with E-state index in [4.69, 9.17) is 9.47 Å². The fraction of sp³-hybridized carbons (Fsp3) is 0.769. The van der Waals surface area contributed by atoms with Gasteiger partial charge in [-0.05, 0) is 128 Å². The van der Waals surface area contributed by atoms with Crippen LogP contribution in [0.15, 0.2) is 48.5 Å². The van der Waals surface area contributed by atoms with Crippen LogP contribution >= 0.6 is 0 Å². The van der Waals surface area contributed by atoms with E-state index in [-0.39, 0.29) is 33.9 Å². The van der Waals surface area contributed by atoms with Gasteiger partial charge in [-0.2, -0.15) is 0 Å². The lowest BCUT2D eigenvalue weighted by Gasteiger charge is -2.55. The minimum Gasteiger partial charge on any atom is -0.381 e. The number of methoxy groups -OCH3 is 2. The van der Waals surface area contributed by atoms with Crippen LogP contribution in [0.1, 0.15) is 157 Å². The van der Waals surface area contributed by atoms with Crippen LogP contribution in [-0.4, -0.2) is 34.5 Å². The molecular weight excluding hydrogens is 685 g/mol. The lowest BCUT2D eigenvalue weighted by molar-refractivity contribution is -0.0702. The molecule has 0 radical (unpaired) electrons. The van der Waals surface area contributed by atoms with E-state index in [2.05, 4.69) is 159 Å². The smallest absolute Gasteiger partial charge is 0.0675 e. The van der Waals surface area contributed by atoms with Gasteiger partial charge in [-0.15, -0.1) is 0 Å². The van der Waals surface area contributed by atoms with E-state index in [1.54, 1.807) is 0 Å². The SMILES string of the molecule is COC1C(c2ccc(C(C)(C)C)cc2)C2CC(C)C([Si](C)(C)C3C(C)CC4C3CC(C(C)(C)C)C(OC)C4c3ccc(C(C)(C)C)cc3)C2CC1C(C)(C)C. The predicted molar refractivity (Wildman–Crippen MR) is 239 cm³/mol. The Hall–Kier alpha value is -1.42. The van der Waals surface area contributed by atoms with Gasteiger partial charge in [-0.1, -0.05) is 159 Å². The summed E-state index contributed by atoms with van der Waals surface area (Å²) in [5.74, 6) is 6.40. The molecule has 55 heavy (non-hydrogen) atoms. The molecule has 0 spiro atoms. The highest BCUT2D eigenvalue weighted by Crippen LogP contribution is 2.70. The largest absolute Gasteiger partial charge is 0.381 e. The Morgan fingerprint density at radius 1 is 0.473 bits per heavy atom. The number of rotatable bonds is 6. The van der Waals surface area contributed by atoms with Crippen molar-refractivity contribution in [2.75, 3.05) is 14.2 Å².